The summed E-state index contributed by atoms with van der Waals surface area (Å²) < 4.78 is 33.4. The van der Waals surface area contributed by atoms with E-state index in [1.807, 2.05) is 32.9 Å². The van der Waals surface area contributed by atoms with E-state index in [1.54, 1.807) is 11.0 Å². The van der Waals surface area contributed by atoms with Crippen LogP contribution in [0.5, 0.6) is 0 Å². The molecule has 2 unspecified atom stereocenters. The SMILES string of the molecule is CC(C)(C)OC(=O)N1CCC2(c3ccc(Cl)c(Cl)c3)CC2(CCOS(C)(=O)=O)C1. The van der Waals surface area contributed by atoms with E-state index in [-0.39, 0.29) is 23.5 Å². The highest BCUT2D eigenvalue weighted by atomic mass is 35.5. The second-order valence-corrected chi connectivity index (χ2v) is 11.6. The lowest BCUT2D eigenvalue weighted by Crippen LogP contribution is -2.47. The molecule has 0 radical (unpaired) electrons. The van der Waals surface area contributed by atoms with E-state index in [2.05, 4.69) is 0 Å². The Morgan fingerprint density at radius 2 is 1.93 bits per heavy atom. The third-order valence-corrected chi connectivity index (χ3v) is 7.17. The summed E-state index contributed by atoms with van der Waals surface area (Å²) >= 11 is 12.3. The Bertz CT molecular complexity index is 914. The van der Waals surface area contributed by atoms with E-state index >= 15 is 0 Å². The fraction of sp³-hybridized carbons (Fsp3) is 0.650. The lowest BCUT2D eigenvalue weighted by atomic mass is 9.79. The highest BCUT2D eigenvalue weighted by Crippen LogP contribution is 2.70. The van der Waals surface area contributed by atoms with Gasteiger partial charge in [0.05, 0.1) is 22.9 Å². The van der Waals surface area contributed by atoms with E-state index in [0.717, 1.165) is 24.7 Å². The van der Waals surface area contributed by atoms with Crippen LogP contribution in [0.1, 0.15) is 45.6 Å². The second-order valence-electron chi connectivity index (χ2n) is 9.10. The van der Waals surface area contributed by atoms with E-state index in [4.69, 9.17) is 32.1 Å². The van der Waals surface area contributed by atoms with Gasteiger partial charge in [0.1, 0.15) is 5.60 Å². The van der Waals surface area contributed by atoms with Crippen LogP contribution in [0.3, 0.4) is 0 Å². The molecule has 1 amide bonds. The summed E-state index contributed by atoms with van der Waals surface area (Å²) in [5, 5.41) is 0.978. The molecule has 0 bridgehead atoms. The van der Waals surface area contributed by atoms with Gasteiger partial charge in [0.2, 0.25) is 0 Å². The Kier molecular flexibility index (Phi) is 5.93. The van der Waals surface area contributed by atoms with Crippen LogP contribution in [0.15, 0.2) is 18.2 Å². The van der Waals surface area contributed by atoms with E-state index in [9.17, 15) is 13.2 Å². The summed E-state index contributed by atoms with van der Waals surface area (Å²) in [5.41, 5.74) is 0.0193. The third-order valence-electron chi connectivity index (χ3n) is 5.83. The van der Waals surface area contributed by atoms with Crippen molar-refractivity contribution in [2.24, 2.45) is 5.41 Å². The lowest BCUT2D eigenvalue weighted by Gasteiger charge is -2.39. The zero-order valence-electron chi connectivity index (χ0n) is 17.1. The van der Waals surface area contributed by atoms with E-state index < -0.39 is 15.7 Å². The lowest BCUT2D eigenvalue weighted by molar-refractivity contribution is 0.0123. The average molecular weight is 464 g/mol. The van der Waals surface area contributed by atoms with Gasteiger partial charge in [0, 0.05) is 23.9 Å². The average Bonchev–Trinajstić information content (AvgIpc) is 3.23. The zero-order chi connectivity index (χ0) is 21.7. The Hall–Kier alpha value is -1.02. The topological polar surface area (TPSA) is 72.9 Å². The van der Waals surface area contributed by atoms with Crippen LogP contribution in [0, 0.1) is 5.41 Å². The fourth-order valence-corrected chi connectivity index (χ4v) is 5.17. The molecule has 3 rings (SSSR count). The fourth-order valence-electron chi connectivity index (χ4n) is 4.49. The Balaban J connectivity index is 1.84. The standard InChI is InChI=1S/C20H27Cl2NO5S/c1-18(2,3)28-17(24)23-9-7-20(14-5-6-15(21)16(22)11-14)12-19(20,13-23)8-10-27-29(4,25)26/h5-6,11H,7-10,12-13H2,1-4H3. The van der Waals surface area contributed by atoms with Crippen molar-refractivity contribution in [2.45, 2.75) is 51.0 Å². The number of benzene rings is 1. The number of carbonyl (C=O) groups excluding carboxylic acids is 1. The highest BCUT2D eigenvalue weighted by molar-refractivity contribution is 7.85. The first-order valence-corrected chi connectivity index (χ1v) is 12.1. The number of amides is 1. The van der Waals surface area contributed by atoms with Crippen LogP contribution in [-0.2, 0) is 24.5 Å². The van der Waals surface area contributed by atoms with Gasteiger partial charge in [-0.15, -0.1) is 0 Å². The minimum atomic E-state index is -3.53. The minimum absolute atomic E-state index is 0.0735. The van der Waals surface area contributed by atoms with Gasteiger partial charge in [0.25, 0.3) is 10.1 Å². The molecular formula is C20H27Cl2NO5S. The molecule has 29 heavy (non-hydrogen) atoms. The van der Waals surface area contributed by atoms with Crippen LogP contribution in [0.2, 0.25) is 10.0 Å². The predicted molar refractivity (Wildman–Crippen MR) is 113 cm³/mol. The monoisotopic (exact) mass is 463 g/mol. The number of likely N-dealkylation sites (tertiary alicyclic amines) is 1. The molecule has 2 aliphatic rings. The summed E-state index contributed by atoms with van der Waals surface area (Å²) in [6.45, 7) is 6.62. The molecule has 1 aliphatic carbocycles. The maximum atomic E-state index is 12.6. The molecule has 0 spiro atoms. The number of rotatable bonds is 5. The van der Waals surface area contributed by atoms with Crippen molar-refractivity contribution in [2.75, 3.05) is 26.0 Å². The van der Waals surface area contributed by atoms with Crippen LogP contribution in [0.4, 0.5) is 4.79 Å². The molecule has 1 saturated heterocycles. The van der Waals surface area contributed by atoms with Crippen molar-refractivity contribution in [3.63, 3.8) is 0 Å². The molecule has 2 fully saturated rings. The number of hydrogen-bond acceptors (Lipinski definition) is 5. The maximum absolute atomic E-state index is 12.6. The molecule has 162 valence electrons. The first kappa shape index (κ1) is 22.7. The number of piperidine rings is 1. The molecular weight excluding hydrogens is 437 g/mol. The zero-order valence-corrected chi connectivity index (χ0v) is 19.5. The Morgan fingerprint density at radius 3 is 2.52 bits per heavy atom. The Labute approximate surface area is 182 Å². The molecule has 1 saturated carbocycles. The molecule has 1 aromatic carbocycles. The summed E-state index contributed by atoms with van der Waals surface area (Å²) in [6.07, 6.45) is 2.76. The van der Waals surface area contributed by atoms with Gasteiger partial charge >= 0.3 is 6.09 Å². The molecule has 6 nitrogen and oxygen atoms in total. The largest absolute Gasteiger partial charge is 0.444 e. The van der Waals surface area contributed by atoms with Crippen molar-refractivity contribution in [3.8, 4) is 0 Å². The number of carbonyl (C=O) groups is 1. The van der Waals surface area contributed by atoms with Crippen molar-refractivity contribution >= 4 is 39.4 Å². The smallest absolute Gasteiger partial charge is 0.410 e. The number of hydrogen-bond donors (Lipinski definition) is 0. The predicted octanol–water partition coefficient (Wildman–Crippen LogP) is 4.63. The molecule has 0 aromatic heterocycles. The number of fused-ring (bicyclic) bond motifs is 1. The van der Waals surface area contributed by atoms with Gasteiger partial charge in [-0.05, 0) is 57.7 Å². The minimum Gasteiger partial charge on any atom is -0.444 e. The summed E-state index contributed by atoms with van der Waals surface area (Å²) in [5.74, 6) is 0. The quantitative estimate of drug-likeness (QED) is 0.595. The van der Waals surface area contributed by atoms with Crippen LogP contribution in [-0.4, -0.2) is 51.0 Å². The molecule has 1 aromatic rings. The van der Waals surface area contributed by atoms with Gasteiger partial charge in [-0.1, -0.05) is 29.3 Å². The number of ether oxygens (including phenoxy) is 1. The van der Waals surface area contributed by atoms with Gasteiger partial charge in [0.15, 0.2) is 0 Å². The number of nitrogens with zero attached hydrogens (tertiary/aromatic N) is 1. The third kappa shape index (κ3) is 4.84. The van der Waals surface area contributed by atoms with Gasteiger partial charge in [-0.2, -0.15) is 8.42 Å². The van der Waals surface area contributed by atoms with Crippen molar-refractivity contribution in [3.05, 3.63) is 33.8 Å². The van der Waals surface area contributed by atoms with Crippen molar-refractivity contribution < 1.29 is 22.1 Å². The maximum Gasteiger partial charge on any atom is 0.410 e. The highest BCUT2D eigenvalue weighted by Gasteiger charge is 2.69. The summed E-state index contributed by atoms with van der Waals surface area (Å²) in [7, 11) is -3.53. The van der Waals surface area contributed by atoms with Crippen molar-refractivity contribution in [1.29, 1.82) is 0 Å². The first-order chi connectivity index (χ1) is 13.3. The molecule has 2 atom stereocenters. The molecule has 9 heteroatoms. The normalized spacial score (nSPS) is 26.8. The van der Waals surface area contributed by atoms with E-state index in [1.165, 1.54) is 0 Å². The van der Waals surface area contributed by atoms with Crippen LogP contribution >= 0.6 is 23.2 Å². The summed E-state index contributed by atoms with van der Waals surface area (Å²) in [4.78, 5) is 14.3. The number of halogens is 2. The second kappa shape index (κ2) is 7.59. The van der Waals surface area contributed by atoms with Gasteiger partial charge < -0.3 is 9.64 Å². The first-order valence-electron chi connectivity index (χ1n) is 9.55. The van der Waals surface area contributed by atoms with E-state index in [0.29, 0.717) is 29.6 Å². The van der Waals surface area contributed by atoms with Crippen molar-refractivity contribution in [1.82, 2.24) is 4.90 Å². The Morgan fingerprint density at radius 1 is 1.24 bits per heavy atom. The molecule has 1 heterocycles. The van der Waals surface area contributed by atoms with Crippen LogP contribution in [0.25, 0.3) is 0 Å². The van der Waals surface area contributed by atoms with Crippen LogP contribution < -0.4 is 0 Å². The van der Waals surface area contributed by atoms with Gasteiger partial charge in [-0.3, -0.25) is 4.18 Å². The molecule has 0 N–H and O–H groups in total. The summed E-state index contributed by atoms with van der Waals surface area (Å²) in [6, 6.07) is 5.63. The van der Waals surface area contributed by atoms with Gasteiger partial charge in [-0.25, -0.2) is 4.79 Å². The molecule has 1 aliphatic heterocycles.